The zero-order chi connectivity index (χ0) is 19.1. The first-order valence-electron chi connectivity index (χ1n) is 7.65. The van der Waals surface area contributed by atoms with Crippen LogP contribution in [0.3, 0.4) is 0 Å². The quantitative estimate of drug-likeness (QED) is 0.594. The third-order valence-corrected chi connectivity index (χ3v) is 3.65. The van der Waals surface area contributed by atoms with E-state index in [2.05, 4.69) is 10.9 Å². The molecule has 2 amide bonds. The molecule has 2 rings (SSSR count). The van der Waals surface area contributed by atoms with Crippen molar-refractivity contribution >= 4 is 29.1 Å². The number of nitro benzene ring substituents is 1. The molecule has 26 heavy (non-hydrogen) atoms. The van der Waals surface area contributed by atoms with Crippen LogP contribution in [0.2, 0.25) is 5.02 Å². The van der Waals surface area contributed by atoms with Crippen molar-refractivity contribution in [2.75, 3.05) is 6.61 Å². The van der Waals surface area contributed by atoms with Gasteiger partial charge in [-0.2, -0.15) is 0 Å². The van der Waals surface area contributed by atoms with Gasteiger partial charge in [-0.3, -0.25) is 30.6 Å². The average molecular weight is 378 g/mol. The van der Waals surface area contributed by atoms with E-state index in [1.54, 1.807) is 12.1 Å². The van der Waals surface area contributed by atoms with Crippen LogP contribution >= 0.6 is 11.6 Å². The van der Waals surface area contributed by atoms with E-state index in [0.29, 0.717) is 5.75 Å². The summed E-state index contributed by atoms with van der Waals surface area (Å²) in [6.45, 7) is 1.69. The third-order valence-electron chi connectivity index (χ3n) is 3.42. The van der Waals surface area contributed by atoms with Gasteiger partial charge in [0, 0.05) is 11.1 Å². The van der Waals surface area contributed by atoms with Crippen molar-refractivity contribution in [1.29, 1.82) is 0 Å². The number of benzene rings is 2. The molecule has 8 nitrogen and oxygen atoms in total. The van der Waals surface area contributed by atoms with Crippen LogP contribution in [0.5, 0.6) is 5.75 Å². The highest BCUT2D eigenvalue weighted by molar-refractivity contribution is 6.31. The number of halogens is 1. The van der Waals surface area contributed by atoms with Gasteiger partial charge < -0.3 is 4.74 Å². The highest BCUT2D eigenvalue weighted by Gasteiger charge is 2.20. The Bertz CT molecular complexity index is 824. The molecule has 0 saturated heterocycles. The second-order valence-electron chi connectivity index (χ2n) is 5.21. The Morgan fingerprint density at radius 1 is 1.15 bits per heavy atom. The molecule has 136 valence electrons. The minimum atomic E-state index is -0.861. The van der Waals surface area contributed by atoms with E-state index in [-0.39, 0.29) is 17.2 Å². The van der Waals surface area contributed by atoms with Gasteiger partial charge >= 0.3 is 0 Å². The van der Waals surface area contributed by atoms with Crippen LogP contribution in [0.15, 0.2) is 42.5 Å². The van der Waals surface area contributed by atoms with Crippen molar-refractivity contribution in [3.8, 4) is 5.75 Å². The van der Waals surface area contributed by atoms with Gasteiger partial charge in [-0.25, -0.2) is 0 Å². The Hall–Kier alpha value is -3.13. The zero-order valence-corrected chi connectivity index (χ0v) is 14.6. The molecule has 0 fully saturated rings. The van der Waals surface area contributed by atoms with Crippen LogP contribution in [0.4, 0.5) is 5.69 Å². The van der Waals surface area contributed by atoms with Gasteiger partial charge in [-0.15, -0.1) is 0 Å². The predicted octanol–water partition coefficient (Wildman–Crippen LogP) is 2.65. The zero-order valence-electron chi connectivity index (χ0n) is 13.8. The summed E-state index contributed by atoms with van der Waals surface area (Å²) in [5.41, 5.74) is 4.67. The van der Waals surface area contributed by atoms with Gasteiger partial charge in [0.15, 0.2) is 6.61 Å². The Kier molecular flexibility index (Phi) is 6.51. The number of rotatable bonds is 6. The molecule has 9 heteroatoms. The highest BCUT2D eigenvalue weighted by atomic mass is 35.5. The van der Waals surface area contributed by atoms with Crippen LogP contribution in [-0.2, 0) is 11.2 Å². The smallest absolute Gasteiger partial charge is 0.282 e. The van der Waals surface area contributed by atoms with Crippen molar-refractivity contribution in [2.24, 2.45) is 0 Å². The normalized spacial score (nSPS) is 10.1. The fraction of sp³-hybridized carbons (Fsp3) is 0.176. The summed E-state index contributed by atoms with van der Waals surface area (Å²) in [7, 11) is 0. The Balaban J connectivity index is 1.89. The van der Waals surface area contributed by atoms with E-state index >= 15 is 0 Å². The molecule has 0 aliphatic rings. The topological polar surface area (TPSA) is 111 Å². The number of carbonyl (C=O) groups excluding carboxylic acids is 2. The van der Waals surface area contributed by atoms with Gasteiger partial charge in [0.25, 0.3) is 17.5 Å². The van der Waals surface area contributed by atoms with Crippen LogP contribution in [0.1, 0.15) is 22.8 Å². The number of nitro groups is 1. The first kappa shape index (κ1) is 19.2. The monoisotopic (exact) mass is 377 g/mol. The molecule has 0 radical (unpaired) electrons. The lowest BCUT2D eigenvalue weighted by Gasteiger charge is -2.09. The number of nitrogens with zero attached hydrogens (tertiary/aromatic N) is 1. The maximum Gasteiger partial charge on any atom is 0.282 e. The lowest BCUT2D eigenvalue weighted by atomic mass is 10.2. The Labute approximate surface area is 154 Å². The van der Waals surface area contributed by atoms with Crippen LogP contribution in [0, 0.1) is 10.1 Å². The number of nitrogens with one attached hydrogen (secondary N) is 2. The fourth-order valence-electron chi connectivity index (χ4n) is 2.05. The fourth-order valence-corrected chi connectivity index (χ4v) is 2.22. The number of amides is 2. The summed E-state index contributed by atoms with van der Waals surface area (Å²) < 4.78 is 5.29. The van der Waals surface area contributed by atoms with Crippen LogP contribution in [0.25, 0.3) is 0 Å². The van der Waals surface area contributed by atoms with Gasteiger partial charge in [-0.1, -0.05) is 30.7 Å². The third kappa shape index (κ3) is 5.18. The van der Waals surface area contributed by atoms with E-state index < -0.39 is 22.4 Å². The van der Waals surface area contributed by atoms with Crippen molar-refractivity contribution in [1.82, 2.24) is 10.9 Å². The highest BCUT2D eigenvalue weighted by Crippen LogP contribution is 2.22. The van der Waals surface area contributed by atoms with E-state index in [4.69, 9.17) is 16.3 Å². The molecule has 0 atom stereocenters. The number of ether oxygens (including phenoxy) is 1. The minimum absolute atomic E-state index is 0.158. The second kappa shape index (κ2) is 8.82. The molecule has 0 unspecified atom stereocenters. The maximum absolute atomic E-state index is 12.0. The number of hydrogen-bond acceptors (Lipinski definition) is 5. The van der Waals surface area contributed by atoms with Crippen LogP contribution < -0.4 is 15.6 Å². The van der Waals surface area contributed by atoms with E-state index in [1.807, 2.05) is 19.1 Å². The second-order valence-corrected chi connectivity index (χ2v) is 5.64. The van der Waals surface area contributed by atoms with Gasteiger partial charge in [0.1, 0.15) is 11.3 Å². The molecule has 2 aromatic carbocycles. The average Bonchev–Trinajstić information content (AvgIpc) is 2.64. The Morgan fingerprint density at radius 3 is 2.46 bits per heavy atom. The molecule has 0 saturated carbocycles. The maximum atomic E-state index is 12.0. The minimum Gasteiger partial charge on any atom is -0.484 e. The van der Waals surface area contributed by atoms with Gasteiger partial charge in [0.2, 0.25) is 0 Å². The molecule has 0 aliphatic heterocycles. The molecule has 0 heterocycles. The lowest BCUT2D eigenvalue weighted by molar-refractivity contribution is -0.385. The molecule has 0 bridgehead atoms. The van der Waals surface area contributed by atoms with E-state index in [9.17, 15) is 19.7 Å². The lowest BCUT2D eigenvalue weighted by Crippen LogP contribution is -2.44. The predicted molar refractivity (Wildman–Crippen MR) is 95.0 cm³/mol. The number of hydrogen-bond donors (Lipinski definition) is 2. The molecule has 0 spiro atoms. The first-order valence-corrected chi connectivity index (χ1v) is 8.03. The summed E-state index contributed by atoms with van der Waals surface area (Å²) in [6, 6.07) is 10.8. The Morgan fingerprint density at radius 2 is 1.85 bits per heavy atom. The van der Waals surface area contributed by atoms with Gasteiger partial charge in [0.05, 0.1) is 4.92 Å². The van der Waals surface area contributed by atoms with Gasteiger partial charge in [-0.05, 0) is 36.2 Å². The van der Waals surface area contributed by atoms with Crippen molar-refractivity contribution in [3.05, 3.63) is 68.7 Å². The number of carbonyl (C=O) groups is 2. The molecule has 0 aromatic heterocycles. The summed E-state index contributed by atoms with van der Waals surface area (Å²) in [6.07, 6.45) is 0.891. The first-order chi connectivity index (χ1) is 12.4. The standard InChI is InChI=1S/C17H16ClN3O5/c1-2-11-3-6-13(7-4-11)26-10-16(22)19-20-17(23)14-9-12(18)5-8-15(14)21(24)25/h3-9H,2,10H2,1H3,(H,19,22)(H,20,23). The molecular formula is C17H16ClN3O5. The molecule has 2 aromatic rings. The number of hydrazine groups is 1. The van der Waals surface area contributed by atoms with E-state index in [0.717, 1.165) is 24.1 Å². The summed E-state index contributed by atoms with van der Waals surface area (Å²) in [4.78, 5) is 34.0. The van der Waals surface area contributed by atoms with Crippen LogP contribution in [-0.4, -0.2) is 23.3 Å². The summed E-state index contributed by atoms with van der Waals surface area (Å²) in [5, 5.41) is 11.1. The summed E-state index contributed by atoms with van der Waals surface area (Å²) in [5.74, 6) is -0.975. The van der Waals surface area contributed by atoms with E-state index in [1.165, 1.54) is 6.07 Å². The molecular weight excluding hydrogens is 362 g/mol. The van der Waals surface area contributed by atoms with Crippen molar-refractivity contribution in [3.63, 3.8) is 0 Å². The molecule has 2 N–H and O–H groups in total. The number of aryl methyl sites for hydroxylation is 1. The largest absolute Gasteiger partial charge is 0.484 e. The SMILES string of the molecule is CCc1ccc(OCC(=O)NNC(=O)c2cc(Cl)ccc2[N+](=O)[O-])cc1. The van der Waals surface area contributed by atoms with Crippen molar-refractivity contribution in [2.45, 2.75) is 13.3 Å². The van der Waals surface area contributed by atoms with Crippen molar-refractivity contribution < 1.29 is 19.2 Å². The molecule has 0 aliphatic carbocycles. The summed E-state index contributed by atoms with van der Waals surface area (Å²) >= 11 is 5.76.